The molecular formula is C7H15N4+. The van der Waals surface area contributed by atoms with Crippen LogP contribution < -0.4 is 4.68 Å². The summed E-state index contributed by atoms with van der Waals surface area (Å²) in [4.78, 5) is 0. The fourth-order valence-corrected chi connectivity index (χ4v) is 0.995. The molecule has 1 aromatic rings. The van der Waals surface area contributed by atoms with Crippen LogP contribution in [0.2, 0.25) is 0 Å². The molecule has 0 aromatic carbocycles. The SMILES string of the molecule is CC(C)c1nn[nH][n+]1C(C)C. The van der Waals surface area contributed by atoms with Gasteiger partial charge in [0.1, 0.15) is 5.10 Å². The summed E-state index contributed by atoms with van der Waals surface area (Å²) in [5.74, 6) is 1.44. The van der Waals surface area contributed by atoms with Crippen molar-refractivity contribution in [1.29, 1.82) is 0 Å². The summed E-state index contributed by atoms with van der Waals surface area (Å²) in [5, 5.41) is 10.6. The van der Waals surface area contributed by atoms with Gasteiger partial charge in [-0.15, -0.1) is 0 Å². The normalized spacial score (nSPS) is 11.5. The van der Waals surface area contributed by atoms with Gasteiger partial charge < -0.3 is 0 Å². The highest BCUT2D eigenvalue weighted by atomic mass is 15.5. The first-order chi connectivity index (χ1) is 5.13. The van der Waals surface area contributed by atoms with Crippen molar-refractivity contribution >= 4 is 0 Å². The van der Waals surface area contributed by atoms with Crippen molar-refractivity contribution in [3.05, 3.63) is 5.82 Å². The summed E-state index contributed by atoms with van der Waals surface area (Å²) in [6.45, 7) is 8.42. The van der Waals surface area contributed by atoms with E-state index in [0.717, 1.165) is 5.82 Å². The van der Waals surface area contributed by atoms with E-state index in [1.54, 1.807) is 0 Å². The van der Waals surface area contributed by atoms with Crippen LogP contribution >= 0.6 is 0 Å². The molecule has 1 N–H and O–H groups in total. The molecule has 0 atom stereocenters. The van der Waals surface area contributed by atoms with Crippen molar-refractivity contribution in [3.63, 3.8) is 0 Å². The first-order valence-corrected chi connectivity index (χ1v) is 3.95. The number of aromatic amines is 1. The van der Waals surface area contributed by atoms with Crippen LogP contribution in [0.25, 0.3) is 0 Å². The zero-order chi connectivity index (χ0) is 8.43. The lowest BCUT2D eigenvalue weighted by atomic mass is 10.2. The summed E-state index contributed by atoms with van der Waals surface area (Å²) < 4.78 is 1.98. The lowest BCUT2D eigenvalue weighted by Crippen LogP contribution is -2.42. The topological polar surface area (TPSA) is 45.5 Å². The summed E-state index contributed by atoms with van der Waals surface area (Å²) in [6, 6.07) is 0.405. The molecule has 0 aliphatic rings. The van der Waals surface area contributed by atoms with E-state index in [9.17, 15) is 0 Å². The quantitative estimate of drug-likeness (QED) is 0.642. The molecule has 0 fully saturated rings. The van der Waals surface area contributed by atoms with E-state index in [0.29, 0.717) is 12.0 Å². The Morgan fingerprint density at radius 1 is 1.27 bits per heavy atom. The third-order valence-electron chi connectivity index (χ3n) is 1.58. The Morgan fingerprint density at radius 2 is 1.91 bits per heavy atom. The Kier molecular flexibility index (Phi) is 2.22. The monoisotopic (exact) mass is 155 g/mol. The predicted molar refractivity (Wildman–Crippen MR) is 41.1 cm³/mol. The highest BCUT2D eigenvalue weighted by molar-refractivity contribution is 4.77. The number of rotatable bonds is 2. The fraction of sp³-hybridized carbons (Fsp3) is 0.857. The first kappa shape index (κ1) is 8.17. The maximum Gasteiger partial charge on any atom is 0.303 e. The maximum atomic E-state index is 3.99. The van der Waals surface area contributed by atoms with Gasteiger partial charge in [-0.3, -0.25) is 0 Å². The van der Waals surface area contributed by atoms with Crippen LogP contribution in [0.3, 0.4) is 0 Å². The lowest BCUT2D eigenvalue weighted by Gasteiger charge is -2.02. The number of hydrogen-bond donors (Lipinski definition) is 1. The van der Waals surface area contributed by atoms with Gasteiger partial charge in [0.15, 0.2) is 5.21 Å². The van der Waals surface area contributed by atoms with Gasteiger partial charge >= 0.3 is 5.82 Å². The summed E-state index contributed by atoms with van der Waals surface area (Å²) in [6.07, 6.45) is 0. The van der Waals surface area contributed by atoms with Gasteiger partial charge in [0.25, 0.3) is 0 Å². The third kappa shape index (κ3) is 1.56. The predicted octanol–water partition coefficient (Wildman–Crippen LogP) is 0.796. The Balaban J connectivity index is 2.96. The van der Waals surface area contributed by atoms with Crippen LogP contribution in [-0.2, 0) is 0 Å². The second kappa shape index (κ2) is 2.98. The molecule has 11 heavy (non-hydrogen) atoms. The van der Waals surface area contributed by atoms with E-state index in [2.05, 4.69) is 43.2 Å². The van der Waals surface area contributed by atoms with E-state index in [1.165, 1.54) is 0 Å². The van der Waals surface area contributed by atoms with Gasteiger partial charge in [-0.25, -0.2) is 0 Å². The molecule has 0 unspecified atom stereocenters. The molecule has 0 bridgehead atoms. The largest absolute Gasteiger partial charge is 0.303 e. The first-order valence-electron chi connectivity index (χ1n) is 3.95. The third-order valence-corrected chi connectivity index (χ3v) is 1.58. The number of nitrogens with one attached hydrogen (secondary N) is 1. The van der Waals surface area contributed by atoms with Crippen LogP contribution in [0.15, 0.2) is 0 Å². The van der Waals surface area contributed by atoms with Crippen molar-refractivity contribution in [2.45, 2.75) is 39.7 Å². The van der Waals surface area contributed by atoms with Gasteiger partial charge in [0.05, 0.1) is 6.04 Å². The molecule has 0 aliphatic heterocycles. The summed E-state index contributed by atoms with van der Waals surface area (Å²) in [5.41, 5.74) is 0. The Morgan fingerprint density at radius 3 is 2.27 bits per heavy atom. The van der Waals surface area contributed by atoms with E-state index in [1.807, 2.05) is 4.68 Å². The zero-order valence-electron chi connectivity index (χ0n) is 7.50. The van der Waals surface area contributed by atoms with E-state index < -0.39 is 0 Å². The fourth-order valence-electron chi connectivity index (χ4n) is 0.995. The van der Waals surface area contributed by atoms with Crippen molar-refractivity contribution < 1.29 is 4.68 Å². The molecule has 4 heteroatoms. The van der Waals surface area contributed by atoms with Crippen molar-refractivity contribution in [2.75, 3.05) is 0 Å². The van der Waals surface area contributed by atoms with E-state index in [-0.39, 0.29) is 0 Å². The molecule has 0 amide bonds. The van der Waals surface area contributed by atoms with Crippen molar-refractivity contribution in [3.8, 4) is 0 Å². The molecular weight excluding hydrogens is 140 g/mol. The van der Waals surface area contributed by atoms with Gasteiger partial charge in [-0.2, -0.15) is 4.68 Å². The highest BCUT2D eigenvalue weighted by Gasteiger charge is 2.19. The molecule has 62 valence electrons. The van der Waals surface area contributed by atoms with Crippen LogP contribution in [0.5, 0.6) is 0 Å². The molecule has 4 nitrogen and oxygen atoms in total. The number of H-pyrrole nitrogens is 1. The van der Waals surface area contributed by atoms with E-state index in [4.69, 9.17) is 0 Å². The van der Waals surface area contributed by atoms with Gasteiger partial charge in [-0.05, 0) is 13.8 Å². The standard InChI is InChI=1S/C7H14N4/c1-5(2)7-8-9-10-11(7)6(3)4/h5-6H,1-4H3/p+1. The Labute approximate surface area is 66.6 Å². The molecule has 1 heterocycles. The maximum absolute atomic E-state index is 3.99. The number of nitrogens with zero attached hydrogens (tertiary/aromatic N) is 3. The van der Waals surface area contributed by atoms with Crippen LogP contribution in [0.4, 0.5) is 0 Å². The molecule has 0 radical (unpaired) electrons. The average molecular weight is 155 g/mol. The van der Waals surface area contributed by atoms with Gasteiger partial charge in [0, 0.05) is 5.92 Å². The minimum absolute atomic E-state index is 0.405. The smallest absolute Gasteiger partial charge is 0.160 e. The minimum atomic E-state index is 0.405. The van der Waals surface area contributed by atoms with Crippen molar-refractivity contribution in [1.82, 2.24) is 15.5 Å². The van der Waals surface area contributed by atoms with E-state index >= 15 is 0 Å². The zero-order valence-corrected chi connectivity index (χ0v) is 7.50. The summed E-state index contributed by atoms with van der Waals surface area (Å²) in [7, 11) is 0. The number of tetrazole rings is 1. The van der Waals surface area contributed by atoms with Gasteiger partial charge in [0.2, 0.25) is 0 Å². The van der Waals surface area contributed by atoms with Crippen molar-refractivity contribution in [2.24, 2.45) is 0 Å². The molecule has 0 spiro atoms. The minimum Gasteiger partial charge on any atom is -0.160 e. The lowest BCUT2D eigenvalue weighted by molar-refractivity contribution is -0.778. The molecule has 1 aromatic heterocycles. The number of hydrogen-bond acceptors (Lipinski definition) is 2. The van der Waals surface area contributed by atoms with Gasteiger partial charge in [-0.1, -0.05) is 19.1 Å². The Hall–Kier alpha value is -0.930. The average Bonchev–Trinajstić information content (AvgIpc) is 2.32. The highest BCUT2D eigenvalue weighted by Crippen LogP contribution is 2.05. The summed E-state index contributed by atoms with van der Waals surface area (Å²) >= 11 is 0. The Bertz CT molecular complexity index is 204. The molecule has 0 saturated carbocycles. The molecule has 0 saturated heterocycles. The molecule has 0 aliphatic carbocycles. The van der Waals surface area contributed by atoms with Crippen LogP contribution in [0.1, 0.15) is 45.5 Å². The number of aromatic nitrogens is 4. The van der Waals surface area contributed by atoms with Crippen LogP contribution in [-0.4, -0.2) is 15.5 Å². The second-order valence-electron chi connectivity index (χ2n) is 3.28. The second-order valence-corrected chi connectivity index (χ2v) is 3.28. The van der Waals surface area contributed by atoms with Crippen LogP contribution in [0, 0.1) is 0 Å². The molecule has 1 rings (SSSR count).